The van der Waals surface area contributed by atoms with Gasteiger partial charge in [-0.3, -0.25) is 0 Å². The standard InChI is InChI=1S/C27H29N3O6/c1-17-28-29-27(35-17)26-14-21-22(3-2-4-23(21)36-26)34-16-20(31)15-30-9-7-18(8-10-30)19-5-6-24-25(13-19)33-12-11-32-24/h2-6,13-14,18,20,31H,7-12,15-16H2,1H3/t20-/m0/s1. The number of aliphatic hydroxyl groups is 1. The number of ether oxygens (including phenoxy) is 3. The fourth-order valence-electron chi connectivity index (χ4n) is 4.96. The van der Waals surface area contributed by atoms with E-state index in [0.717, 1.165) is 42.8 Å². The second-order valence-electron chi connectivity index (χ2n) is 9.35. The van der Waals surface area contributed by atoms with Gasteiger partial charge in [0.1, 0.15) is 37.3 Å². The van der Waals surface area contributed by atoms with E-state index in [4.69, 9.17) is 23.0 Å². The van der Waals surface area contributed by atoms with Gasteiger partial charge in [-0.25, -0.2) is 0 Å². The maximum Gasteiger partial charge on any atom is 0.283 e. The van der Waals surface area contributed by atoms with Crippen LogP contribution in [0.15, 0.2) is 51.3 Å². The molecule has 4 aromatic rings. The quantitative estimate of drug-likeness (QED) is 0.408. The summed E-state index contributed by atoms with van der Waals surface area (Å²) in [6, 6.07) is 13.7. The van der Waals surface area contributed by atoms with Gasteiger partial charge in [-0.05, 0) is 61.7 Å². The number of piperidine rings is 1. The van der Waals surface area contributed by atoms with Gasteiger partial charge in [0, 0.05) is 19.5 Å². The van der Waals surface area contributed by atoms with E-state index < -0.39 is 6.10 Å². The van der Waals surface area contributed by atoms with Crippen LogP contribution in [0.2, 0.25) is 0 Å². The molecule has 6 rings (SSSR count). The van der Waals surface area contributed by atoms with E-state index in [1.165, 1.54) is 5.56 Å². The Morgan fingerprint density at radius 2 is 1.86 bits per heavy atom. The monoisotopic (exact) mass is 491 g/mol. The van der Waals surface area contributed by atoms with Crippen LogP contribution in [0.5, 0.6) is 17.2 Å². The molecule has 0 bridgehead atoms. The van der Waals surface area contributed by atoms with E-state index in [1.54, 1.807) is 6.92 Å². The van der Waals surface area contributed by atoms with Crippen LogP contribution < -0.4 is 14.2 Å². The van der Waals surface area contributed by atoms with Crippen molar-refractivity contribution in [3.63, 3.8) is 0 Å². The first-order valence-corrected chi connectivity index (χ1v) is 12.4. The Hall–Kier alpha value is -3.56. The first-order valence-electron chi connectivity index (χ1n) is 12.4. The largest absolute Gasteiger partial charge is 0.490 e. The summed E-state index contributed by atoms with van der Waals surface area (Å²) in [5.74, 6) is 4.10. The number of hydrogen-bond acceptors (Lipinski definition) is 9. The molecule has 2 aromatic heterocycles. The Kier molecular flexibility index (Phi) is 6.25. The van der Waals surface area contributed by atoms with Crippen LogP contribution in [0.4, 0.5) is 0 Å². The molecular formula is C27H29N3O6. The van der Waals surface area contributed by atoms with Gasteiger partial charge in [0.05, 0.1) is 5.39 Å². The lowest BCUT2D eigenvalue weighted by molar-refractivity contribution is 0.0599. The summed E-state index contributed by atoms with van der Waals surface area (Å²) in [6.45, 7) is 5.57. The van der Waals surface area contributed by atoms with Crippen LogP contribution in [0, 0.1) is 6.92 Å². The summed E-state index contributed by atoms with van der Waals surface area (Å²) in [6.07, 6.45) is 1.48. The summed E-state index contributed by atoms with van der Waals surface area (Å²) in [4.78, 5) is 2.30. The maximum atomic E-state index is 10.7. The third kappa shape index (κ3) is 4.76. The summed E-state index contributed by atoms with van der Waals surface area (Å²) in [5, 5.41) is 19.4. The molecule has 1 saturated heterocycles. The Morgan fingerprint density at radius 1 is 1.03 bits per heavy atom. The molecule has 188 valence electrons. The fraction of sp³-hybridized carbons (Fsp3) is 0.407. The predicted octanol–water partition coefficient (Wildman–Crippen LogP) is 4.18. The SMILES string of the molecule is Cc1nnc(-c2cc3c(OC[C@@H](O)CN4CCC(c5ccc6c(c5)OCCO6)CC4)cccc3o2)o1. The van der Waals surface area contributed by atoms with Crippen molar-refractivity contribution in [3.8, 4) is 28.9 Å². The van der Waals surface area contributed by atoms with E-state index in [1.807, 2.05) is 30.3 Å². The first kappa shape index (κ1) is 22.9. The summed E-state index contributed by atoms with van der Waals surface area (Å²) in [5.41, 5.74) is 1.96. The lowest BCUT2D eigenvalue weighted by Crippen LogP contribution is -2.40. The van der Waals surface area contributed by atoms with Crippen LogP contribution in [-0.4, -0.2) is 65.8 Å². The maximum absolute atomic E-state index is 10.7. The lowest BCUT2D eigenvalue weighted by atomic mass is 9.89. The van der Waals surface area contributed by atoms with Gasteiger partial charge in [0.15, 0.2) is 17.3 Å². The number of aromatic nitrogens is 2. The highest BCUT2D eigenvalue weighted by atomic mass is 16.6. The fourth-order valence-corrected chi connectivity index (χ4v) is 4.96. The lowest BCUT2D eigenvalue weighted by Gasteiger charge is -2.33. The van der Waals surface area contributed by atoms with Gasteiger partial charge < -0.3 is 33.1 Å². The Labute approximate surface area is 208 Å². The average molecular weight is 492 g/mol. The summed E-state index contributed by atoms with van der Waals surface area (Å²) < 4.78 is 28.7. The zero-order valence-electron chi connectivity index (χ0n) is 20.2. The molecule has 0 spiro atoms. The predicted molar refractivity (Wildman–Crippen MR) is 132 cm³/mol. The highest BCUT2D eigenvalue weighted by Gasteiger charge is 2.24. The van der Waals surface area contributed by atoms with Crippen LogP contribution in [0.25, 0.3) is 22.6 Å². The van der Waals surface area contributed by atoms with E-state index in [0.29, 0.717) is 54.6 Å². The molecule has 1 N–H and O–H groups in total. The molecule has 1 fully saturated rings. The Balaban J connectivity index is 1.03. The molecule has 0 aliphatic carbocycles. The number of rotatable bonds is 7. The van der Waals surface area contributed by atoms with Crippen LogP contribution in [0.1, 0.15) is 30.2 Å². The number of benzene rings is 2. The van der Waals surface area contributed by atoms with E-state index in [2.05, 4.69) is 27.2 Å². The first-order chi connectivity index (χ1) is 17.6. The molecule has 0 amide bonds. The molecule has 2 aliphatic rings. The van der Waals surface area contributed by atoms with Crippen molar-refractivity contribution < 1.29 is 28.2 Å². The molecule has 2 aromatic carbocycles. The van der Waals surface area contributed by atoms with Crippen molar-refractivity contribution >= 4 is 11.0 Å². The minimum Gasteiger partial charge on any atom is -0.490 e. The number of furan rings is 1. The smallest absolute Gasteiger partial charge is 0.283 e. The van der Waals surface area contributed by atoms with Gasteiger partial charge in [-0.2, -0.15) is 0 Å². The molecule has 0 saturated carbocycles. The Morgan fingerprint density at radius 3 is 2.67 bits per heavy atom. The zero-order valence-corrected chi connectivity index (χ0v) is 20.2. The summed E-state index contributed by atoms with van der Waals surface area (Å²) >= 11 is 0. The van der Waals surface area contributed by atoms with Crippen molar-refractivity contribution in [1.82, 2.24) is 15.1 Å². The third-order valence-corrected chi connectivity index (χ3v) is 6.78. The average Bonchev–Trinajstić information content (AvgIpc) is 3.54. The molecule has 0 unspecified atom stereocenters. The van der Waals surface area contributed by atoms with Crippen molar-refractivity contribution in [2.75, 3.05) is 39.5 Å². The van der Waals surface area contributed by atoms with Gasteiger partial charge in [-0.1, -0.05) is 12.1 Å². The Bertz CT molecular complexity index is 1340. The molecule has 2 aliphatic heterocycles. The van der Waals surface area contributed by atoms with Crippen molar-refractivity contribution in [2.24, 2.45) is 0 Å². The minimum absolute atomic E-state index is 0.196. The molecular weight excluding hydrogens is 462 g/mol. The molecule has 9 heteroatoms. The highest BCUT2D eigenvalue weighted by molar-refractivity contribution is 5.87. The minimum atomic E-state index is -0.601. The van der Waals surface area contributed by atoms with Crippen molar-refractivity contribution in [1.29, 1.82) is 0 Å². The normalized spacial score (nSPS) is 17.4. The topological polar surface area (TPSA) is 103 Å². The van der Waals surface area contributed by atoms with E-state index in [9.17, 15) is 5.11 Å². The van der Waals surface area contributed by atoms with Crippen LogP contribution in [-0.2, 0) is 0 Å². The number of fused-ring (bicyclic) bond motifs is 2. The van der Waals surface area contributed by atoms with Gasteiger partial charge >= 0.3 is 0 Å². The van der Waals surface area contributed by atoms with Gasteiger partial charge in [-0.15, -0.1) is 10.2 Å². The second-order valence-corrected chi connectivity index (χ2v) is 9.35. The van der Waals surface area contributed by atoms with E-state index in [-0.39, 0.29) is 6.61 Å². The molecule has 9 nitrogen and oxygen atoms in total. The zero-order chi connectivity index (χ0) is 24.5. The summed E-state index contributed by atoms with van der Waals surface area (Å²) in [7, 11) is 0. The van der Waals surface area contributed by atoms with E-state index >= 15 is 0 Å². The molecule has 4 heterocycles. The molecule has 1 atom stereocenters. The number of β-amino-alcohol motifs (C(OH)–C–C–N with tert-alkyl or cyclic N) is 1. The number of hydrogen-bond donors (Lipinski definition) is 1. The number of aliphatic hydroxyl groups excluding tert-OH is 1. The third-order valence-electron chi connectivity index (χ3n) is 6.78. The van der Waals surface area contributed by atoms with Gasteiger partial charge in [0.25, 0.3) is 5.89 Å². The van der Waals surface area contributed by atoms with Crippen molar-refractivity contribution in [3.05, 3.63) is 53.9 Å². The van der Waals surface area contributed by atoms with Gasteiger partial charge in [0.2, 0.25) is 5.89 Å². The molecule has 0 radical (unpaired) electrons. The van der Waals surface area contributed by atoms with Crippen LogP contribution in [0.3, 0.4) is 0 Å². The number of likely N-dealkylation sites (tertiary alicyclic amines) is 1. The number of aryl methyl sites for hydroxylation is 1. The second kappa shape index (κ2) is 9.83. The number of nitrogens with zero attached hydrogens (tertiary/aromatic N) is 3. The molecule has 36 heavy (non-hydrogen) atoms. The van der Waals surface area contributed by atoms with Crippen molar-refractivity contribution in [2.45, 2.75) is 31.8 Å². The highest BCUT2D eigenvalue weighted by Crippen LogP contribution is 2.36. The van der Waals surface area contributed by atoms with Crippen LogP contribution >= 0.6 is 0 Å².